The Morgan fingerprint density at radius 3 is 2.52 bits per heavy atom. The van der Waals surface area contributed by atoms with E-state index in [1.165, 1.54) is 42.4 Å². The largest absolute Gasteiger partial charge is 0.489 e. The molecule has 3 fully saturated rings. The number of H-pyrrole nitrogens is 1. The zero-order valence-electron chi connectivity index (χ0n) is 14.5. The Hall–Kier alpha value is -2.33. The summed E-state index contributed by atoms with van der Waals surface area (Å²) < 4.78 is 6.30. The summed E-state index contributed by atoms with van der Waals surface area (Å²) in [4.78, 5) is 2.53. The number of aryl methyl sites for hydroxylation is 1. The summed E-state index contributed by atoms with van der Waals surface area (Å²) in [5.41, 5.74) is 4.55. The number of fused-ring (bicyclic) bond motifs is 4. The predicted octanol–water partition coefficient (Wildman–Crippen LogP) is 4.01. The van der Waals surface area contributed by atoms with Gasteiger partial charge < -0.3 is 4.74 Å². The van der Waals surface area contributed by atoms with E-state index in [-0.39, 0.29) is 0 Å². The topological polar surface area (TPSA) is 41.1 Å². The maximum atomic E-state index is 6.30. The summed E-state index contributed by atoms with van der Waals surface area (Å²) in [5, 5.41) is 8.54. The molecule has 0 aliphatic carbocycles. The quantitative estimate of drug-likeness (QED) is 0.787. The van der Waals surface area contributed by atoms with Gasteiger partial charge >= 0.3 is 0 Å². The fourth-order valence-corrected chi connectivity index (χ4v) is 4.26. The first-order valence-electron chi connectivity index (χ1n) is 9.20. The van der Waals surface area contributed by atoms with Crippen LogP contribution >= 0.6 is 0 Å². The number of hydrogen-bond donors (Lipinski definition) is 1. The number of nitrogens with one attached hydrogen (secondary N) is 1. The number of nitrogens with zero attached hydrogens (tertiary/aromatic N) is 2. The van der Waals surface area contributed by atoms with Gasteiger partial charge in [0.25, 0.3) is 0 Å². The molecule has 1 unspecified atom stereocenters. The van der Waals surface area contributed by atoms with Crippen LogP contribution in [0, 0.1) is 12.8 Å². The van der Waals surface area contributed by atoms with Crippen molar-refractivity contribution in [2.45, 2.75) is 25.9 Å². The zero-order chi connectivity index (χ0) is 16.8. The Kier molecular flexibility index (Phi) is 3.52. The number of aromatic amines is 1. The highest BCUT2D eigenvalue weighted by atomic mass is 16.5. The average Bonchev–Trinajstić information content (AvgIpc) is 3.04. The van der Waals surface area contributed by atoms with Gasteiger partial charge in [-0.1, -0.05) is 18.2 Å². The highest BCUT2D eigenvalue weighted by Gasteiger charge is 2.35. The summed E-state index contributed by atoms with van der Waals surface area (Å²) in [6.45, 7) is 5.64. The van der Waals surface area contributed by atoms with Gasteiger partial charge in [-0.25, -0.2) is 0 Å². The maximum absolute atomic E-state index is 6.30. The van der Waals surface area contributed by atoms with E-state index in [0.29, 0.717) is 6.10 Å². The molecule has 3 aliphatic rings. The minimum Gasteiger partial charge on any atom is -0.489 e. The fourth-order valence-electron chi connectivity index (χ4n) is 4.26. The second-order valence-electron chi connectivity index (χ2n) is 7.40. The Labute approximate surface area is 147 Å². The van der Waals surface area contributed by atoms with Crippen LogP contribution in [-0.2, 0) is 0 Å². The SMILES string of the molecule is Cc1[nH]nc2ccc(-c3ccc(OC4CN5CCC4CC5)cc3)cc12. The lowest BCUT2D eigenvalue weighted by atomic mass is 9.86. The first-order valence-corrected chi connectivity index (χ1v) is 9.20. The molecule has 3 saturated heterocycles. The minimum absolute atomic E-state index is 0.360. The molecule has 128 valence electrons. The maximum Gasteiger partial charge on any atom is 0.119 e. The summed E-state index contributed by atoms with van der Waals surface area (Å²) in [6.07, 6.45) is 2.93. The Morgan fingerprint density at radius 1 is 1.04 bits per heavy atom. The van der Waals surface area contributed by atoms with Crippen LogP contribution in [0.1, 0.15) is 18.5 Å². The first kappa shape index (κ1) is 15.0. The van der Waals surface area contributed by atoms with Crippen molar-refractivity contribution in [2.24, 2.45) is 5.92 Å². The van der Waals surface area contributed by atoms with Crippen molar-refractivity contribution in [3.63, 3.8) is 0 Å². The molecular weight excluding hydrogens is 310 g/mol. The first-order chi connectivity index (χ1) is 12.3. The van der Waals surface area contributed by atoms with E-state index < -0.39 is 0 Å². The monoisotopic (exact) mass is 333 g/mol. The van der Waals surface area contributed by atoms with E-state index in [4.69, 9.17) is 4.74 Å². The Morgan fingerprint density at radius 2 is 1.80 bits per heavy atom. The molecule has 3 aromatic rings. The molecule has 1 N–H and O–H groups in total. The third-order valence-corrected chi connectivity index (χ3v) is 5.82. The van der Waals surface area contributed by atoms with Gasteiger partial charge in [0, 0.05) is 17.6 Å². The third kappa shape index (κ3) is 2.71. The molecule has 0 spiro atoms. The van der Waals surface area contributed by atoms with Gasteiger partial charge in [0.05, 0.1) is 5.52 Å². The lowest BCUT2D eigenvalue weighted by molar-refractivity contribution is -0.00775. The van der Waals surface area contributed by atoms with Crippen molar-refractivity contribution < 1.29 is 4.74 Å². The predicted molar refractivity (Wildman–Crippen MR) is 99.8 cm³/mol. The summed E-state index contributed by atoms with van der Waals surface area (Å²) >= 11 is 0. The molecule has 0 radical (unpaired) electrons. The number of piperidine rings is 3. The van der Waals surface area contributed by atoms with Gasteiger partial charge in [-0.15, -0.1) is 0 Å². The van der Waals surface area contributed by atoms with E-state index >= 15 is 0 Å². The van der Waals surface area contributed by atoms with Crippen LogP contribution in [-0.4, -0.2) is 40.8 Å². The van der Waals surface area contributed by atoms with Crippen LogP contribution in [0.2, 0.25) is 0 Å². The molecule has 1 aromatic heterocycles. The van der Waals surface area contributed by atoms with Crippen molar-refractivity contribution >= 4 is 10.9 Å². The lowest BCUT2D eigenvalue weighted by Gasteiger charge is -2.44. The van der Waals surface area contributed by atoms with Crippen molar-refractivity contribution in [3.05, 3.63) is 48.2 Å². The average molecular weight is 333 g/mol. The highest BCUT2D eigenvalue weighted by Crippen LogP contribution is 2.32. The Balaban J connectivity index is 1.36. The number of ether oxygens (including phenoxy) is 1. The molecule has 1 atom stereocenters. The highest BCUT2D eigenvalue weighted by molar-refractivity contribution is 5.86. The second kappa shape index (κ2) is 5.88. The molecule has 4 heteroatoms. The van der Waals surface area contributed by atoms with Crippen LogP contribution in [0.3, 0.4) is 0 Å². The van der Waals surface area contributed by atoms with Gasteiger partial charge in [0.2, 0.25) is 0 Å². The van der Waals surface area contributed by atoms with Crippen molar-refractivity contribution in [3.8, 4) is 16.9 Å². The fraction of sp³-hybridized carbons (Fsp3) is 0.381. The number of rotatable bonds is 3. The molecule has 4 heterocycles. The van der Waals surface area contributed by atoms with Crippen LogP contribution in [0.15, 0.2) is 42.5 Å². The van der Waals surface area contributed by atoms with Crippen LogP contribution in [0.4, 0.5) is 0 Å². The minimum atomic E-state index is 0.360. The van der Waals surface area contributed by atoms with Crippen LogP contribution in [0.5, 0.6) is 5.75 Å². The summed E-state index contributed by atoms with van der Waals surface area (Å²) in [6, 6.07) is 15.0. The second-order valence-corrected chi connectivity index (χ2v) is 7.40. The normalized spacial score (nSPS) is 25.4. The summed E-state index contributed by atoms with van der Waals surface area (Å²) in [5.74, 6) is 1.72. The molecule has 0 saturated carbocycles. The van der Waals surface area contributed by atoms with Gasteiger partial charge in [-0.3, -0.25) is 10.00 Å². The van der Waals surface area contributed by atoms with E-state index in [1.54, 1.807) is 0 Å². The van der Waals surface area contributed by atoms with Crippen LogP contribution < -0.4 is 4.74 Å². The van der Waals surface area contributed by atoms with Gasteiger partial charge in [0.15, 0.2) is 0 Å². The van der Waals surface area contributed by atoms with E-state index in [1.807, 2.05) is 0 Å². The molecule has 0 amide bonds. The number of benzene rings is 2. The van der Waals surface area contributed by atoms with Gasteiger partial charge in [-0.05, 0) is 74.2 Å². The molecule has 2 aromatic carbocycles. The third-order valence-electron chi connectivity index (χ3n) is 5.82. The van der Waals surface area contributed by atoms with E-state index in [9.17, 15) is 0 Å². The van der Waals surface area contributed by atoms with Crippen molar-refractivity contribution in [1.82, 2.24) is 15.1 Å². The van der Waals surface area contributed by atoms with Gasteiger partial charge in [0.1, 0.15) is 11.9 Å². The van der Waals surface area contributed by atoms with E-state index in [2.05, 4.69) is 64.5 Å². The molecule has 25 heavy (non-hydrogen) atoms. The van der Waals surface area contributed by atoms with Gasteiger partial charge in [-0.2, -0.15) is 5.10 Å². The number of hydrogen-bond acceptors (Lipinski definition) is 3. The zero-order valence-corrected chi connectivity index (χ0v) is 14.5. The molecule has 6 rings (SSSR count). The van der Waals surface area contributed by atoms with Crippen molar-refractivity contribution in [2.75, 3.05) is 19.6 Å². The smallest absolute Gasteiger partial charge is 0.119 e. The Bertz CT molecular complexity index is 891. The molecule has 4 nitrogen and oxygen atoms in total. The molecule has 3 aliphatic heterocycles. The van der Waals surface area contributed by atoms with Crippen molar-refractivity contribution in [1.29, 1.82) is 0 Å². The number of aromatic nitrogens is 2. The van der Waals surface area contributed by atoms with E-state index in [0.717, 1.165) is 29.4 Å². The lowest BCUT2D eigenvalue weighted by Crippen LogP contribution is -2.52. The summed E-state index contributed by atoms with van der Waals surface area (Å²) in [7, 11) is 0. The standard InChI is InChI=1S/C21H23N3O/c1-14-19-12-17(4-7-20(19)23-22-14)15-2-5-18(6-3-15)25-21-13-24-10-8-16(21)9-11-24/h2-7,12,16,21H,8-11,13H2,1H3,(H,22,23). The van der Waals surface area contributed by atoms with Crippen LogP contribution in [0.25, 0.3) is 22.0 Å². The molecule has 2 bridgehead atoms. The molecular formula is C21H23N3O.